The van der Waals surface area contributed by atoms with Crippen LogP contribution in [0.1, 0.15) is 37.0 Å². The summed E-state index contributed by atoms with van der Waals surface area (Å²) < 4.78 is 0. The van der Waals surface area contributed by atoms with Gasteiger partial charge >= 0.3 is 0 Å². The van der Waals surface area contributed by atoms with Crippen molar-refractivity contribution in [3.05, 3.63) is 29.0 Å². The number of nitrogens with one attached hydrogen (secondary N) is 1. The predicted octanol–water partition coefficient (Wildman–Crippen LogP) is 2.02. The van der Waals surface area contributed by atoms with Gasteiger partial charge in [0, 0.05) is 24.5 Å². The third-order valence-corrected chi connectivity index (χ3v) is 3.18. The lowest BCUT2D eigenvalue weighted by atomic mass is 9.94. The first-order valence-electron chi connectivity index (χ1n) is 5.55. The Hall–Kier alpha value is -1.13. The zero-order valence-electron chi connectivity index (χ0n) is 10.0. The lowest BCUT2D eigenvalue weighted by molar-refractivity contribution is 0.0886. The average Bonchev–Trinajstić information content (AvgIpc) is 2.29. The fraction of sp³-hybridized carbons (Fsp3) is 0.500. The van der Waals surface area contributed by atoms with Gasteiger partial charge in [0.1, 0.15) is 0 Å². The zero-order valence-corrected chi connectivity index (χ0v) is 10.8. The molecule has 5 heteroatoms. The Kier molecular flexibility index (Phi) is 4.90. The van der Waals surface area contributed by atoms with E-state index in [9.17, 15) is 4.79 Å². The van der Waals surface area contributed by atoms with Crippen LogP contribution in [0.4, 0.5) is 0 Å². The predicted molar refractivity (Wildman–Crippen MR) is 67.1 cm³/mol. The zero-order chi connectivity index (χ0) is 12.9. The van der Waals surface area contributed by atoms with Gasteiger partial charge in [-0.15, -0.1) is 0 Å². The molecule has 1 heterocycles. The maximum absolute atomic E-state index is 12.0. The topological polar surface area (TPSA) is 62.2 Å². The van der Waals surface area contributed by atoms with E-state index in [0.29, 0.717) is 17.0 Å². The minimum absolute atomic E-state index is 0.0364. The van der Waals surface area contributed by atoms with Gasteiger partial charge in [-0.05, 0) is 25.8 Å². The monoisotopic (exact) mass is 256 g/mol. The molecule has 1 atom stereocenters. The molecule has 0 radical (unpaired) electrons. The molecule has 4 nitrogen and oxygen atoms in total. The van der Waals surface area contributed by atoms with Gasteiger partial charge in [-0.3, -0.25) is 9.78 Å². The van der Waals surface area contributed by atoms with Crippen molar-refractivity contribution in [3.8, 4) is 0 Å². The molecule has 0 saturated heterocycles. The summed E-state index contributed by atoms with van der Waals surface area (Å²) >= 11 is 5.90. The van der Waals surface area contributed by atoms with Crippen molar-refractivity contribution in [2.45, 2.75) is 32.2 Å². The molecule has 1 amide bonds. The van der Waals surface area contributed by atoms with Crippen molar-refractivity contribution in [1.82, 2.24) is 10.3 Å². The average molecular weight is 257 g/mol. The maximum Gasteiger partial charge on any atom is 0.253 e. The molecule has 0 spiro atoms. The van der Waals surface area contributed by atoms with Gasteiger partial charge in [0.2, 0.25) is 0 Å². The maximum atomic E-state index is 12.0. The van der Waals surface area contributed by atoms with Crippen molar-refractivity contribution in [2.75, 3.05) is 6.61 Å². The number of rotatable bonds is 5. The van der Waals surface area contributed by atoms with Gasteiger partial charge in [0.05, 0.1) is 10.6 Å². The smallest absolute Gasteiger partial charge is 0.253 e. The van der Waals surface area contributed by atoms with Gasteiger partial charge in [-0.25, -0.2) is 0 Å². The molecule has 0 aliphatic heterocycles. The summed E-state index contributed by atoms with van der Waals surface area (Å²) in [6.45, 7) is 3.90. The number of amides is 1. The van der Waals surface area contributed by atoms with Crippen LogP contribution in [0.5, 0.6) is 0 Å². The van der Waals surface area contributed by atoms with Gasteiger partial charge in [0.15, 0.2) is 0 Å². The number of aliphatic hydroxyl groups is 1. The lowest BCUT2D eigenvalue weighted by Gasteiger charge is -2.29. The quantitative estimate of drug-likeness (QED) is 0.847. The van der Waals surface area contributed by atoms with Crippen molar-refractivity contribution in [3.63, 3.8) is 0 Å². The second kappa shape index (κ2) is 5.98. The third kappa shape index (κ3) is 3.68. The third-order valence-electron chi connectivity index (χ3n) is 2.88. The highest BCUT2D eigenvalue weighted by Crippen LogP contribution is 2.18. The van der Waals surface area contributed by atoms with Gasteiger partial charge in [-0.1, -0.05) is 18.5 Å². The minimum atomic E-state index is -0.418. The number of pyridine rings is 1. The SMILES string of the molecule is CC[C@@](C)(CCO)NC(=O)c1ccncc1Cl. The second-order valence-electron chi connectivity index (χ2n) is 4.20. The molecular formula is C12H17ClN2O2. The Morgan fingerprint density at radius 2 is 2.35 bits per heavy atom. The first kappa shape index (κ1) is 13.9. The molecule has 0 fully saturated rings. The molecule has 1 aromatic rings. The van der Waals surface area contributed by atoms with Gasteiger partial charge < -0.3 is 10.4 Å². The van der Waals surface area contributed by atoms with E-state index >= 15 is 0 Å². The van der Waals surface area contributed by atoms with E-state index in [1.807, 2.05) is 13.8 Å². The van der Waals surface area contributed by atoms with Crippen molar-refractivity contribution >= 4 is 17.5 Å². The molecule has 1 rings (SSSR count). The van der Waals surface area contributed by atoms with Crippen molar-refractivity contribution in [2.24, 2.45) is 0 Å². The van der Waals surface area contributed by atoms with Gasteiger partial charge in [0.25, 0.3) is 5.91 Å². The van der Waals surface area contributed by atoms with Crippen LogP contribution in [0.15, 0.2) is 18.5 Å². The fourth-order valence-electron chi connectivity index (χ4n) is 1.48. The van der Waals surface area contributed by atoms with Crippen LogP contribution < -0.4 is 5.32 Å². The first-order valence-corrected chi connectivity index (χ1v) is 5.93. The summed E-state index contributed by atoms with van der Waals surface area (Å²) in [6, 6.07) is 1.58. The Bertz CT molecular complexity index is 398. The largest absolute Gasteiger partial charge is 0.396 e. The minimum Gasteiger partial charge on any atom is -0.396 e. The number of nitrogens with zero attached hydrogens (tertiary/aromatic N) is 1. The number of hydrogen-bond acceptors (Lipinski definition) is 3. The molecule has 0 unspecified atom stereocenters. The number of hydrogen-bond donors (Lipinski definition) is 2. The van der Waals surface area contributed by atoms with Crippen molar-refractivity contribution < 1.29 is 9.90 Å². The molecule has 0 saturated carbocycles. The Morgan fingerprint density at radius 1 is 1.65 bits per heavy atom. The Morgan fingerprint density at radius 3 is 2.88 bits per heavy atom. The van der Waals surface area contributed by atoms with E-state index in [-0.39, 0.29) is 12.5 Å². The molecule has 94 valence electrons. The molecule has 0 aliphatic carbocycles. The molecular weight excluding hydrogens is 240 g/mol. The van der Waals surface area contributed by atoms with E-state index < -0.39 is 5.54 Å². The summed E-state index contributed by atoms with van der Waals surface area (Å²) in [5.41, 5.74) is -0.0161. The molecule has 1 aromatic heterocycles. The number of aliphatic hydroxyl groups excluding tert-OH is 1. The van der Waals surface area contributed by atoms with Crippen LogP contribution in [0.25, 0.3) is 0 Å². The number of carbonyl (C=O) groups is 1. The fourth-order valence-corrected chi connectivity index (χ4v) is 1.68. The highest BCUT2D eigenvalue weighted by molar-refractivity contribution is 6.33. The van der Waals surface area contributed by atoms with E-state index in [1.54, 1.807) is 6.07 Å². The number of aromatic nitrogens is 1. The lowest BCUT2D eigenvalue weighted by Crippen LogP contribution is -2.46. The summed E-state index contributed by atoms with van der Waals surface area (Å²) in [6.07, 6.45) is 4.21. The summed E-state index contributed by atoms with van der Waals surface area (Å²) in [4.78, 5) is 15.8. The normalized spacial score (nSPS) is 14.1. The molecule has 0 aromatic carbocycles. The molecule has 2 N–H and O–H groups in total. The van der Waals surface area contributed by atoms with Crippen LogP contribution in [0.3, 0.4) is 0 Å². The van der Waals surface area contributed by atoms with E-state index in [0.717, 1.165) is 6.42 Å². The molecule has 17 heavy (non-hydrogen) atoms. The summed E-state index contributed by atoms with van der Waals surface area (Å²) in [5, 5.41) is 12.2. The molecule has 0 aliphatic rings. The van der Waals surface area contributed by atoms with Crippen molar-refractivity contribution in [1.29, 1.82) is 0 Å². The van der Waals surface area contributed by atoms with E-state index in [1.165, 1.54) is 12.4 Å². The van der Waals surface area contributed by atoms with Crippen LogP contribution in [-0.4, -0.2) is 28.1 Å². The number of carbonyl (C=O) groups excluding carboxylic acids is 1. The highest BCUT2D eigenvalue weighted by Gasteiger charge is 2.24. The van der Waals surface area contributed by atoms with Gasteiger partial charge in [-0.2, -0.15) is 0 Å². The standard InChI is InChI=1S/C12H17ClN2O2/c1-3-12(2,5-7-16)15-11(17)9-4-6-14-8-10(9)13/h4,6,8,16H,3,5,7H2,1-2H3,(H,15,17)/t12-/m0/s1. The molecule has 0 bridgehead atoms. The van der Waals surface area contributed by atoms with Crippen LogP contribution in [-0.2, 0) is 0 Å². The van der Waals surface area contributed by atoms with Crippen LogP contribution in [0, 0.1) is 0 Å². The summed E-state index contributed by atoms with van der Waals surface area (Å²) in [5.74, 6) is -0.241. The Balaban J connectivity index is 2.82. The first-order chi connectivity index (χ1) is 8.02. The van der Waals surface area contributed by atoms with Crippen LogP contribution >= 0.6 is 11.6 Å². The number of halogens is 1. The second-order valence-corrected chi connectivity index (χ2v) is 4.60. The highest BCUT2D eigenvalue weighted by atomic mass is 35.5. The van der Waals surface area contributed by atoms with Crippen LogP contribution in [0.2, 0.25) is 5.02 Å². The Labute approximate surface area is 106 Å². The van der Waals surface area contributed by atoms with E-state index in [4.69, 9.17) is 16.7 Å². The summed E-state index contributed by atoms with van der Waals surface area (Å²) in [7, 11) is 0. The van der Waals surface area contributed by atoms with E-state index in [2.05, 4.69) is 10.3 Å².